The highest BCUT2D eigenvalue weighted by Crippen LogP contribution is 2.24. The predicted octanol–water partition coefficient (Wildman–Crippen LogP) is 2.09. The van der Waals surface area contributed by atoms with Crippen molar-refractivity contribution in [3.8, 4) is 0 Å². The van der Waals surface area contributed by atoms with Crippen LogP contribution in [0.3, 0.4) is 0 Å². The molecule has 0 aromatic carbocycles. The quantitative estimate of drug-likeness (QED) is 0.793. The first kappa shape index (κ1) is 9.21. The van der Waals surface area contributed by atoms with E-state index in [0.29, 0.717) is 17.8 Å². The Bertz CT molecular complexity index is 449. The Morgan fingerprint density at radius 3 is 2.93 bits per heavy atom. The summed E-state index contributed by atoms with van der Waals surface area (Å²) >= 11 is 1.56. The second-order valence-corrected chi connectivity index (χ2v) is 4.28. The maximum absolute atomic E-state index is 5.80. The van der Waals surface area contributed by atoms with Crippen molar-refractivity contribution in [2.75, 3.05) is 11.1 Å². The lowest BCUT2D eigenvalue weighted by molar-refractivity contribution is 0.879. The summed E-state index contributed by atoms with van der Waals surface area (Å²) in [6.07, 6.45) is 0. The predicted molar refractivity (Wildman–Crippen MR) is 60.6 cm³/mol. The third-order valence-corrected chi connectivity index (χ3v) is 2.67. The molecule has 5 heteroatoms. The first-order valence-corrected chi connectivity index (χ1v) is 5.32. The fraction of sp³-hybridized carbons (Fsp3) is 0.333. The highest BCUT2D eigenvalue weighted by Gasteiger charge is 2.06. The molecule has 2 rings (SSSR count). The summed E-state index contributed by atoms with van der Waals surface area (Å²) in [4.78, 5) is 8.52. The molecule has 0 aliphatic carbocycles. The van der Waals surface area contributed by atoms with Gasteiger partial charge in [-0.05, 0) is 25.3 Å². The second-order valence-electron chi connectivity index (χ2n) is 3.37. The smallest absolute Gasteiger partial charge is 0.225 e. The molecule has 4 nitrogen and oxygen atoms in total. The fourth-order valence-electron chi connectivity index (χ4n) is 1.21. The number of nitrogens with zero attached hydrogens (tertiary/aromatic N) is 2. The molecule has 0 spiro atoms. The van der Waals surface area contributed by atoms with Gasteiger partial charge in [0, 0.05) is 6.04 Å². The molecule has 0 aliphatic rings. The molecule has 2 heterocycles. The van der Waals surface area contributed by atoms with Gasteiger partial charge in [-0.15, -0.1) is 11.3 Å². The van der Waals surface area contributed by atoms with E-state index in [1.807, 2.05) is 25.3 Å². The van der Waals surface area contributed by atoms with Crippen molar-refractivity contribution in [1.29, 1.82) is 0 Å². The van der Waals surface area contributed by atoms with Gasteiger partial charge in [-0.25, -0.2) is 4.98 Å². The van der Waals surface area contributed by atoms with Gasteiger partial charge in [-0.2, -0.15) is 4.98 Å². The van der Waals surface area contributed by atoms with E-state index in [4.69, 9.17) is 5.73 Å². The van der Waals surface area contributed by atoms with Crippen molar-refractivity contribution < 1.29 is 0 Å². The Balaban J connectivity index is 2.47. The molecule has 0 aliphatic heterocycles. The van der Waals surface area contributed by atoms with E-state index >= 15 is 0 Å². The van der Waals surface area contributed by atoms with Gasteiger partial charge in [-0.3, -0.25) is 0 Å². The lowest BCUT2D eigenvalue weighted by Crippen LogP contribution is -2.13. The molecule has 14 heavy (non-hydrogen) atoms. The van der Waals surface area contributed by atoms with Crippen LogP contribution in [0.5, 0.6) is 0 Å². The van der Waals surface area contributed by atoms with Crippen LogP contribution in [0.2, 0.25) is 0 Å². The summed E-state index contributed by atoms with van der Waals surface area (Å²) in [6, 6.07) is 2.26. The maximum atomic E-state index is 5.80. The van der Waals surface area contributed by atoms with E-state index in [2.05, 4.69) is 15.3 Å². The lowest BCUT2D eigenvalue weighted by Gasteiger charge is -2.08. The number of fused-ring (bicyclic) bond motifs is 1. The van der Waals surface area contributed by atoms with Gasteiger partial charge >= 0.3 is 0 Å². The number of thiophene rings is 1. The number of hydrogen-bond donors (Lipinski definition) is 2. The number of hydrogen-bond acceptors (Lipinski definition) is 5. The van der Waals surface area contributed by atoms with Crippen LogP contribution < -0.4 is 11.1 Å². The van der Waals surface area contributed by atoms with Gasteiger partial charge in [0.1, 0.15) is 5.82 Å². The molecule has 3 N–H and O–H groups in total. The molecular weight excluding hydrogens is 196 g/mol. The average Bonchev–Trinajstić information content (AvgIpc) is 2.50. The molecule has 74 valence electrons. The van der Waals surface area contributed by atoms with Crippen molar-refractivity contribution in [3.05, 3.63) is 11.4 Å². The number of nitrogens with one attached hydrogen (secondary N) is 1. The minimum atomic E-state index is 0.311. The van der Waals surface area contributed by atoms with E-state index in [9.17, 15) is 0 Å². The number of aromatic nitrogens is 2. The molecule has 0 radical (unpaired) electrons. The lowest BCUT2D eigenvalue weighted by atomic mass is 10.4. The molecule has 0 saturated carbocycles. The standard InChI is InChI=1S/C9H12N4S/c1-5(2)11-9-12-6-3-4-14-7(6)8(10)13-9/h3-5H,1-2H3,(H3,10,11,12,13). The second kappa shape index (κ2) is 3.42. The third-order valence-electron chi connectivity index (χ3n) is 1.75. The van der Waals surface area contributed by atoms with E-state index < -0.39 is 0 Å². The molecule has 0 amide bonds. The molecule has 0 atom stereocenters. The van der Waals surface area contributed by atoms with Gasteiger partial charge in [0.2, 0.25) is 5.95 Å². The minimum Gasteiger partial charge on any atom is -0.382 e. The molecule has 0 fully saturated rings. The summed E-state index contributed by atoms with van der Waals surface area (Å²) in [5, 5.41) is 5.10. The SMILES string of the molecule is CC(C)Nc1nc(N)c2sccc2n1. The van der Waals surface area contributed by atoms with Crippen LogP contribution in [0.25, 0.3) is 10.2 Å². The first-order chi connectivity index (χ1) is 6.66. The highest BCUT2D eigenvalue weighted by atomic mass is 32.1. The minimum absolute atomic E-state index is 0.311. The van der Waals surface area contributed by atoms with Crippen LogP contribution in [0, 0.1) is 0 Å². The molecule has 0 bridgehead atoms. The molecule has 0 saturated heterocycles. The zero-order chi connectivity index (χ0) is 10.1. The van der Waals surface area contributed by atoms with Crippen molar-refractivity contribution in [2.45, 2.75) is 19.9 Å². The van der Waals surface area contributed by atoms with E-state index in [1.165, 1.54) is 0 Å². The Hall–Kier alpha value is -1.36. The topological polar surface area (TPSA) is 63.8 Å². The van der Waals surface area contributed by atoms with Crippen LogP contribution in [0.15, 0.2) is 11.4 Å². The van der Waals surface area contributed by atoms with Gasteiger partial charge in [0.15, 0.2) is 0 Å². The number of anilines is 2. The van der Waals surface area contributed by atoms with Crippen LogP contribution in [-0.4, -0.2) is 16.0 Å². The molecule has 2 aromatic heterocycles. The molecule has 0 unspecified atom stereocenters. The van der Waals surface area contributed by atoms with Gasteiger partial charge in [-0.1, -0.05) is 0 Å². The Labute approximate surface area is 86.2 Å². The number of rotatable bonds is 2. The van der Waals surface area contributed by atoms with Crippen LogP contribution in [0.1, 0.15) is 13.8 Å². The molecular formula is C9H12N4S. The van der Waals surface area contributed by atoms with Gasteiger partial charge in [0.05, 0.1) is 10.2 Å². The van der Waals surface area contributed by atoms with Crippen LogP contribution in [-0.2, 0) is 0 Å². The maximum Gasteiger partial charge on any atom is 0.225 e. The summed E-state index contributed by atoms with van der Waals surface area (Å²) in [5.41, 5.74) is 6.70. The molecule has 2 aromatic rings. The van der Waals surface area contributed by atoms with Crippen molar-refractivity contribution in [2.24, 2.45) is 0 Å². The number of nitrogen functional groups attached to an aromatic ring is 1. The fourth-order valence-corrected chi connectivity index (χ4v) is 1.94. The first-order valence-electron chi connectivity index (χ1n) is 4.44. The normalized spacial score (nSPS) is 11.1. The highest BCUT2D eigenvalue weighted by molar-refractivity contribution is 7.17. The number of nitrogens with two attached hydrogens (primary N) is 1. The monoisotopic (exact) mass is 208 g/mol. The van der Waals surface area contributed by atoms with E-state index in [-0.39, 0.29) is 0 Å². The summed E-state index contributed by atoms with van der Waals surface area (Å²) < 4.78 is 0.958. The van der Waals surface area contributed by atoms with E-state index in [0.717, 1.165) is 10.2 Å². The summed E-state index contributed by atoms with van der Waals surface area (Å²) in [6.45, 7) is 4.08. The van der Waals surface area contributed by atoms with Crippen LogP contribution in [0.4, 0.5) is 11.8 Å². The zero-order valence-electron chi connectivity index (χ0n) is 8.11. The Morgan fingerprint density at radius 1 is 1.43 bits per heavy atom. The van der Waals surface area contributed by atoms with Crippen molar-refractivity contribution in [3.63, 3.8) is 0 Å². The van der Waals surface area contributed by atoms with Crippen molar-refractivity contribution in [1.82, 2.24) is 9.97 Å². The third kappa shape index (κ3) is 1.63. The Kier molecular flexibility index (Phi) is 2.25. The van der Waals surface area contributed by atoms with E-state index in [1.54, 1.807) is 11.3 Å². The van der Waals surface area contributed by atoms with Gasteiger partial charge in [0.25, 0.3) is 0 Å². The summed E-state index contributed by atoms with van der Waals surface area (Å²) in [7, 11) is 0. The zero-order valence-corrected chi connectivity index (χ0v) is 8.93. The Morgan fingerprint density at radius 2 is 2.21 bits per heavy atom. The average molecular weight is 208 g/mol. The summed E-state index contributed by atoms with van der Waals surface area (Å²) in [5.74, 6) is 1.15. The van der Waals surface area contributed by atoms with Gasteiger partial charge < -0.3 is 11.1 Å². The van der Waals surface area contributed by atoms with Crippen LogP contribution >= 0.6 is 11.3 Å². The largest absolute Gasteiger partial charge is 0.382 e. The van der Waals surface area contributed by atoms with Crippen molar-refractivity contribution >= 4 is 33.3 Å².